The lowest BCUT2D eigenvalue weighted by Gasteiger charge is -2.30. The Bertz CT molecular complexity index is 513. The van der Waals surface area contributed by atoms with Gasteiger partial charge in [0.2, 0.25) is 5.91 Å². The van der Waals surface area contributed by atoms with Crippen molar-refractivity contribution in [3.8, 4) is 5.75 Å². The Hall–Kier alpha value is -1.55. The van der Waals surface area contributed by atoms with Crippen LogP contribution in [0.2, 0.25) is 0 Å². The Balaban J connectivity index is 1.91. The van der Waals surface area contributed by atoms with E-state index < -0.39 is 5.60 Å². The molecule has 0 bridgehead atoms. The van der Waals surface area contributed by atoms with E-state index in [4.69, 9.17) is 4.74 Å². The summed E-state index contributed by atoms with van der Waals surface area (Å²) in [5.41, 5.74) is 0.246. The molecule has 0 spiro atoms. The molecule has 2 N–H and O–H groups in total. The Labute approximate surface area is 132 Å². The molecule has 1 aliphatic heterocycles. The van der Waals surface area contributed by atoms with Gasteiger partial charge in [-0.15, -0.1) is 0 Å². The Morgan fingerprint density at radius 3 is 2.95 bits per heavy atom. The molecule has 1 aromatic rings. The van der Waals surface area contributed by atoms with E-state index in [1.165, 1.54) is 0 Å². The first-order chi connectivity index (χ1) is 10.4. The Morgan fingerprint density at radius 1 is 1.50 bits per heavy atom. The Kier molecular flexibility index (Phi) is 5.46. The molecule has 0 aromatic heterocycles. The summed E-state index contributed by atoms with van der Waals surface area (Å²) < 4.78 is 5.62. The van der Waals surface area contributed by atoms with Crippen molar-refractivity contribution in [3.05, 3.63) is 29.8 Å². The van der Waals surface area contributed by atoms with Gasteiger partial charge < -0.3 is 15.2 Å². The molecule has 0 saturated heterocycles. The van der Waals surface area contributed by atoms with Crippen molar-refractivity contribution in [1.82, 2.24) is 5.32 Å². The van der Waals surface area contributed by atoms with E-state index in [0.29, 0.717) is 19.6 Å². The SMILES string of the molecule is CCC(C)C(C)(O)CNC(=O)CC1CCOc2ccccc21. The fourth-order valence-corrected chi connectivity index (χ4v) is 2.82. The smallest absolute Gasteiger partial charge is 0.220 e. The van der Waals surface area contributed by atoms with Gasteiger partial charge in [0, 0.05) is 13.0 Å². The number of nitrogens with one attached hydrogen (secondary N) is 1. The summed E-state index contributed by atoms with van der Waals surface area (Å²) in [6.45, 7) is 6.78. The summed E-state index contributed by atoms with van der Waals surface area (Å²) in [6, 6.07) is 7.91. The van der Waals surface area contributed by atoms with E-state index in [1.54, 1.807) is 6.92 Å². The van der Waals surface area contributed by atoms with Gasteiger partial charge in [-0.05, 0) is 36.8 Å². The summed E-state index contributed by atoms with van der Waals surface area (Å²) in [7, 11) is 0. The van der Waals surface area contributed by atoms with Crippen LogP contribution in [0.4, 0.5) is 0 Å². The minimum Gasteiger partial charge on any atom is -0.493 e. The fraction of sp³-hybridized carbons (Fsp3) is 0.611. The number of para-hydroxylation sites is 1. The summed E-state index contributed by atoms with van der Waals surface area (Å²) in [4.78, 5) is 12.2. The third-order valence-electron chi connectivity index (χ3n) is 4.83. The summed E-state index contributed by atoms with van der Waals surface area (Å²) >= 11 is 0. The van der Waals surface area contributed by atoms with Crippen molar-refractivity contribution in [2.75, 3.05) is 13.2 Å². The van der Waals surface area contributed by atoms with Gasteiger partial charge in [-0.3, -0.25) is 4.79 Å². The van der Waals surface area contributed by atoms with E-state index in [9.17, 15) is 9.90 Å². The molecule has 1 heterocycles. The molecule has 3 unspecified atom stereocenters. The van der Waals surface area contributed by atoms with Crippen LogP contribution in [-0.4, -0.2) is 29.8 Å². The molecule has 4 nitrogen and oxygen atoms in total. The quantitative estimate of drug-likeness (QED) is 0.849. The molecule has 1 amide bonds. The largest absolute Gasteiger partial charge is 0.493 e. The van der Waals surface area contributed by atoms with Crippen molar-refractivity contribution in [3.63, 3.8) is 0 Å². The van der Waals surface area contributed by atoms with E-state index in [1.807, 2.05) is 38.1 Å². The monoisotopic (exact) mass is 305 g/mol. The first kappa shape index (κ1) is 16.8. The van der Waals surface area contributed by atoms with Crippen LogP contribution in [0, 0.1) is 5.92 Å². The van der Waals surface area contributed by atoms with Crippen LogP contribution < -0.4 is 10.1 Å². The zero-order valence-corrected chi connectivity index (χ0v) is 13.8. The zero-order valence-electron chi connectivity index (χ0n) is 13.8. The van der Waals surface area contributed by atoms with E-state index in [0.717, 1.165) is 24.2 Å². The molecule has 4 heteroatoms. The van der Waals surface area contributed by atoms with Gasteiger partial charge in [0.15, 0.2) is 0 Å². The van der Waals surface area contributed by atoms with Gasteiger partial charge in [0.1, 0.15) is 5.75 Å². The predicted octanol–water partition coefficient (Wildman–Crippen LogP) is 2.86. The van der Waals surface area contributed by atoms with Crippen molar-refractivity contribution in [2.45, 2.75) is 51.6 Å². The number of carbonyl (C=O) groups is 1. The molecule has 0 radical (unpaired) electrons. The van der Waals surface area contributed by atoms with Gasteiger partial charge in [0.25, 0.3) is 0 Å². The highest BCUT2D eigenvalue weighted by Crippen LogP contribution is 2.35. The number of benzene rings is 1. The third-order valence-corrected chi connectivity index (χ3v) is 4.83. The third kappa shape index (κ3) is 4.01. The lowest BCUT2D eigenvalue weighted by molar-refractivity contribution is -0.123. The Morgan fingerprint density at radius 2 is 2.23 bits per heavy atom. The van der Waals surface area contributed by atoms with E-state index in [2.05, 4.69) is 5.32 Å². The number of hydrogen-bond acceptors (Lipinski definition) is 3. The standard InChI is InChI=1S/C18H27NO3/c1-4-13(2)18(3,21)12-19-17(20)11-14-9-10-22-16-8-6-5-7-15(14)16/h5-8,13-14,21H,4,9-12H2,1-3H3,(H,19,20). The van der Waals surface area contributed by atoms with Gasteiger partial charge >= 0.3 is 0 Å². The maximum Gasteiger partial charge on any atom is 0.220 e. The highest BCUT2D eigenvalue weighted by Gasteiger charge is 2.28. The normalized spacial score (nSPS) is 21.2. The van der Waals surface area contributed by atoms with Crippen molar-refractivity contribution < 1.29 is 14.6 Å². The summed E-state index contributed by atoms with van der Waals surface area (Å²) in [5.74, 6) is 1.22. The van der Waals surface area contributed by atoms with Crippen LogP contribution >= 0.6 is 0 Å². The van der Waals surface area contributed by atoms with Crippen LogP contribution in [0.5, 0.6) is 5.75 Å². The van der Waals surface area contributed by atoms with E-state index in [-0.39, 0.29) is 17.7 Å². The molecule has 2 rings (SSSR count). The predicted molar refractivity (Wildman–Crippen MR) is 87.0 cm³/mol. The van der Waals surface area contributed by atoms with Crippen LogP contribution in [0.1, 0.15) is 51.5 Å². The molecular formula is C18H27NO3. The van der Waals surface area contributed by atoms with Crippen molar-refractivity contribution in [1.29, 1.82) is 0 Å². The van der Waals surface area contributed by atoms with Crippen LogP contribution in [0.15, 0.2) is 24.3 Å². The molecule has 0 fully saturated rings. The minimum absolute atomic E-state index is 0.00900. The van der Waals surface area contributed by atoms with Gasteiger partial charge in [-0.25, -0.2) is 0 Å². The zero-order chi connectivity index (χ0) is 16.2. The molecule has 122 valence electrons. The summed E-state index contributed by atoms with van der Waals surface area (Å²) in [5, 5.41) is 13.2. The molecule has 1 aliphatic rings. The first-order valence-electron chi connectivity index (χ1n) is 8.15. The molecule has 0 saturated carbocycles. The average molecular weight is 305 g/mol. The molecule has 3 atom stereocenters. The number of amides is 1. The number of aliphatic hydroxyl groups is 1. The molecule has 22 heavy (non-hydrogen) atoms. The average Bonchev–Trinajstić information content (AvgIpc) is 2.52. The van der Waals surface area contributed by atoms with Crippen molar-refractivity contribution in [2.24, 2.45) is 5.92 Å². The van der Waals surface area contributed by atoms with Gasteiger partial charge in [-0.2, -0.15) is 0 Å². The highest BCUT2D eigenvalue weighted by molar-refractivity contribution is 5.77. The molecular weight excluding hydrogens is 278 g/mol. The lowest BCUT2D eigenvalue weighted by Crippen LogP contribution is -2.45. The highest BCUT2D eigenvalue weighted by atomic mass is 16.5. The first-order valence-corrected chi connectivity index (χ1v) is 8.15. The van der Waals surface area contributed by atoms with Crippen LogP contribution in [0.3, 0.4) is 0 Å². The van der Waals surface area contributed by atoms with E-state index >= 15 is 0 Å². The minimum atomic E-state index is -0.863. The second-order valence-corrected chi connectivity index (χ2v) is 6.52. The number of rotatable bonds is 6. The fourth-order valence-electron chi connectivity index (χ4n) is 2.82. The molecule has 0 aliphatic carbocycles. The maximum atomic E-state index is 12.2. The summed E-state index contributed by atoms with van der Waals surface area (Å²) in [6.07, 6.45) is 2.18. The number of carbonyl (C=O) groups excluding carboxylic acids is 1. The van der Waals surface area contributed by atoms with Crippen molar-refractivity contribution >= 4 is 5.91 Å². The topological polar surface area (TPSA) is 58.6 Å². The van der Waals surface area contributed by atoms with Gasteiger partial charge in [0.05, 0.1) is 12.2 Å². The number of hydrogen-bond donors (Lipinski definition) is 2. The lowest BCUT2D eigenvalue weighted by atomic mass is 9.88. The van der Waals surface area contributed by atoms with Gasteiger partial charge in [-0.1, -0.05) is 38.5 Å². The van der Waals surface area contributed by atoms with Crippen LogP contribution in [0.25, 0.3) is 0 Å². The van der Waals surface area contributed by atoms with Crippen LogP contribution in [-0.2, 0) is 4.79 Å². The second kappa shape index (κ2) is 7.14. The number of ether oxygens (including phenoxy) is 1. The second-order valence-electron chi connectivity index (χ2n) is 6.52. The number of fused-ring (bicyclic) bond motifs is 1. The maximum absolute atomic E-state index is 12.2. The molecule has 1 aromatic carbocycles.